The number of hydrogen-bond donors (Lipinski definition) is 2. The summed E-state index contributed by atoms with van der Waals surface area (Å²) in [4.78, 5) is 0. The molecule has 82 valence electrons. The van der Waals surface area contributed by atoms with Crippen molar-refractivity contribution < 1.29 is 13.2 Å². The third-order valence-electron chi connectivity index (χ3n) is 1.71. The van der Waals surface area contributed by atoms with Crippen molar-refractivity contribution in [3.05, 3.63) is 29.8 Å². The van der Waals surface area contributed by atoms with Gasteiger partial charge >= 0.3 is 6.18 Å². The van der Waals surface area contributed by atoms with Gasteiger partial charge in [-0.1, -0.05) is 12.1 Å². The Morgan fingerprint density at radius 1 is 1.27 bits per heavy atom. The summed E-state index contributed by atoms with van der Waals surface area (Å²) in [6.45, 7) is 0. The second-order valence-electron chi connectivity index (χ2n) is 2.72. The average molecular weight is 235 g/mol. The van der Waals surface area contributed by atoms with E-state index >= 15 is 0 Å². The Labute approximate surface area is 89.4 Å². The Morgan fingerprint density at radius 2 is 1.80 bits per heavy atom. The van der Waals surface area contributed by atoms with E-state index in [1.54, 1.807) is 0 Å². The third kappa shape index (κ3) is 2.57. The van der Waals surface area contributed by atoms with Crippen LogP contribution < -0.4 is 16.6 Å². The largest absolute Gasteiger partial charge is 0.418 e. The number of hydrazine groups is 1. The molecular formula is C8H8F3N3S. The minimum atomic E-state index is -4.49. The van der Waals surface area contributed by atoms with Crippen LogP contribution in [0.3, 0.4) is 0 Å². The summed E-state index contributed by atoms with van der Waals surface area (Å²) in [6.07, 6.45) is -4.49. The standard InChI is InChI=1S/C8H8F3N3S/c9-8(10,11)5-3-1-2-4-6(5)14(13)7(12)15/h1-4H,13H2,(H2,12,15). The van der Waals surface area contributed by atoms with Crippen molar-refractivity contribution in [3.63, 3.8) is 0 Å². The SMILES string of the molecule is NC(=S)N(N)c1ccccc1C(F)(F)F. The van der Waals surface area contributed by atoms with Crippen LogP contribution in [0.1, 0.15) is 5.56 Å². The molecule has 1 aromatic carbocycles. The normalized spacial score (nSPS) is 11.2. The number of nitrogens with two attached hydrogens (primary N) is 2. The van der Waals surface area contributed by atoms with Gasteiger partial charge in [-0.25, -0.2) is 5.84 Å². The van der Waals surface area contributed by atoms with E-state index in [0.29, 0.717) is 5.01 Å². The second kappa shape index (κ2) is 4.03. The van der Waals surface area contributed by atoms with E-state index in [4.69, 9.17) is 11.6 Å². The number of hydrogen-bond acceptors (Lipinski definition) is 2. The lowest BCUT2D eigenvalue weighted by atomic mass is 10.1. The highest BCUT2D eigenvalue weighted by atomic mass is 32.1. The van der Waals surface area contributed by atoms with Gasteiger partial charge in [-0.15, -0.1) is 0 Å². The topological polar surface area (TPSA) is 55.3 Å². The molecule has 4 N–H and O–H groups in total. The van der Waals surface area contributed by atoms with Gasteiger partial charge in [0.1, 0.15) is 0 Å². The monoisotopic (exact) mass is 235 g/mol. The highest BCUT2D eigenvalue weighted by Crippen LogP contribution is 2.35. The molecule has 0 spiro atoms. The Bertz CT molecular complexity index is 378. The summed E-state index contributed by atoms with van der Waals surface area (Å²) in [5.41, 5.74) is 4.00. The van der Waals surface area contributed by atoms with Gasteiger partial charge in [0.2, 0.25) is 0 Å². The van der Waals surface area contributed by atoms with Crippen LogP contribution in [0.25, 0.3) is 0 Å². The maximum absolute atomic E-state index is 12.5. The molecule has 0 saturated heterocycles. The summed E-state index contributed by atoms with van der Waals surface area (Å²) in [6, 6.07) is 4.79. The van der Waals surface area contributed by atoms with E-state index in [1.165, 1.54) is 18.2 Å². The Balaban J connectivity index is 3.24. The maximum Gasteiger partial charge on any atom is 0.418 e. The predicted octanol–water partition coefficient (Wildman–Crippen LogP) is 1.63. The van der Waals surface area contributed by atoms with E-state index in [-0.39, 0.29) is 10.8 Å². The Hall–Kier alpha value is -1.34. The van der Waals surface area contributed by atoms with Gasteiger partial charge in [0, 0.05) is 0 Å². The van der Waals surface area contributed by atoms with E-state index in [1.807, 2.05) is 0 Å². The van der Waals surface area contributed by atoms with Gasteiger partial charge in [0.25, 0.3) is 0 Å². The number of alkyl halides is 3. The molecule has 1 rings (SSSR count). The van der Waals surface area contributed by atoms with Crippen molar-refractivity contribution >= 4 is 23.0 Å². The van der Waals surface area contributed by atoms with Gasteiger partial charge < -0.3 is 5.73 Å². The molecule has 0 aliphatic rings. The molecule has 1 aromatic rings. The molecule has 0 fully saturated rings. The first kappa shape index (κ1) is 11.7. The minimum Gasteiger partial charge on any atom is -0.375 e. The summed E-state index contributed by atoms with van der Waals surface area (Å²) in [5.74, 6) is 5.30. The molecule has 0 heterocycles. The van der Waals surface area contributed by atoms with E-state index in [9.17, 15) is 13.2 Å². The lowest BCUT2D eigenvalue weighted by Gasteiger charge is -2.20. The summed E-state index contributed by atoms with van der Waals surface area (Å²) >= 11 is 4.49. The molecular weight excluding hydrogens is 227 g/mol. The first-order valence-electron chi connectivity index (χ1n) is 3.84. The molecule has 0 bridgehead atoms. The van der Waals surface area contributed by atoms with E-state index in [2.05, 4.69) is 12.2 Å². The van der Waals surface area contributed by atoms with Gasteiger partial charge in [-0.05, 0) is 24.4 Å². The lowest BCUT2D eigenvalue weighted by molar-refractivity contribution is -0.137. The smallest absolute Gasteiger partial charge is 0.375 e. The molecule has 0 radical (unpaired) electrons. The Kier molecular flexibility index (Phi) is 3.15. The Morgan fingerprint density at radius 3 is 2.27 bits per heavy atom. The molecule has 0 atom stereocenters. The lowest BCUT2D eigenvalue weighted by Crippen LogP contribution is -2.42. The fourth-order valence-corrected chi connectivity index (χ4v) is 1.14. The molecule has 0 aromatic heterocycles. The van der Waals surface area contributed by atoms with Crippen LogP contribution in [0.4, 0.5) is 18.9 Å². The maximum atomic E-state index is 12.5. The predicted molar refractivity (Wildman–Crippen MR) is 54.9 cm³/mol. The van der Waals surface area contributed by atoms with E-state index < -0.39 is 11.7 Å². The van der Waals surface area contributed by atoms with Crippen LogP contribution in [0.5, 0.6) is 0 Å². The summed E-state index contributed by atoms with van der Waals surface area (Å²) in [7, 11) is 0. The van der Waals surface area contributed by atoms with Crippen LogP contribution in [-0.4, -0.2) is 5.11 Å². The number of rotatable bonds is 1. The summed E-state index contributed by atoms with van der Waals surface area (Å²) < 4.78 is 37.5. The van der Waals surface area contributed by atoms with Crippen molar-refractivity contribution in [3.8, 4) is 0 Å². The zero-order chi connectivity index (χ0) is 11.6. The summed E-state index contributed by atoms with van der Waals surface area (Å²) in [5, 5.41) is 0.296. The van der Waals surface area contributed by atoms with Crippen molar-refractivity contribution in [2.24, 2.45) is 11.6 Å². The number of para-hydroxylation sites is 1. The molecule has 0 aliphatic heterocycles. The molecule has 0 aliphatic carbocycles. The van der Waals surface area contributed by atoms with Crippen LogP contribution in [0.15, 0.2) is 24.3 Å². The zero-order valence-corrected chi connectivity index (χ0v) is 8.27. The minimum absolute atomic E-state index is 0.266. The van der Waals surface area contributed by atoms with Crippen molar-refractivity contribution in [2.45, 2.75) is 6.18 Å². The van der Waals surface area contributed by atoms with Crippen LogP contribution >= 0.6 is 12.2 Å². The molecule has 0 saturated carbocycles. The zero-order valence-electron chi connectivity index (χ0n) is 7.45. The number of halogens is 3. The third-order valence-corrected chi connectivity index (χ3v) is 1.90. The molecule has 7 heteroatoms. The highest BCUT2D eigenvalue weighted by Gasteiger charge is 2.34. The first-order valence-corrected chi connectivity index (χ1v) is 4.25. The number of thiocarbonyl (C=S) groups is 1. The first-order chi connectivity index (χ1) is 6.84. The second-order valence-corrected chi connectivity index (χ2v) is 3.14. The van der Waals surface area contributed by atoms with Gasteiger partial charge in [0.05, 0.1) is 11.3 Å². The van der Waals surface area contributed by atoms with E-state index in [0.717, 1.165) is 6.07 Å². The van der Waals surface area contributed by atoms with Crippen molar-refractivity contribution in [1.29, 1.82) is 0 Å². The molecule has 3 nitrogen and oxygen atoms in total. The van der Waals surface area contributed by atoms with Gasteiger partial charge in [-0.2, -0.15) is 13.2 Å². The van der Waals surface area contributed by atoms with Crippen LogP contribution in [-0.2, 0) is 6.18 Å². The number of anilines is 1. The number of benzene rings is 1. The van der Waals surface area contributed by atoms with Crippen LogP contribution in [0, 0.1) is 0 Å². The molecule has 15 heavy (non-hydrogen) atoms. The fraction of sp³-hybridized carbons (Fsp3) is 0.125. The highest BCUT2D eigenvalue weighted by molar-refractivity contribution is 7.80. The van der Waals surface area contributed by atoms with Gasteiger partial charge in [0.15, 0.2) is 5.11 Å². The van der Waals surface area contributed by atoms with Gasteiger partial charge in [-0.3, -0.25) is 5.01 Å². The van der Waals surface area contributed by atoms with Crippen LogP contribution in [0.2, 0.25) is 0 Å². The fourth-order valence-electron chi connectivity index (χ4n) is 1.04. The molecule has 0 amide bonds. The van der Waals surface area contributed by atoms with Crippen molar-refractivity contribution in [1.82, 2.24) is 0 Å². The number of nitrogens with zero attached hydrogens (tertiary/aromatic N) is 1. The molecule has 0 unspecified atom stereocenters. The quantitative estimate of drug-likeness (QED) is 0.441. The van der Waals surface area contributed by atoms with Crippen molar-refractivity contribution in [2.75, 3.05) is 5.01 Å². The average Bonchev–Trinajstić information content (AvgIpc) is 2.15.